The fraction of sp³-hybridized carbons (Fsp3) is 0.650. The SMILES string of the molecule is C[C@H](C(=O)NC1CCCCCC1)N1CCO[C@@H](c2ccc(F)cc2)C1. The molecule has 2 aliphatic rings. The van der Waals surface area contributed by atoms with Crippen molar-refractivity contribution in [3.05, 3.63) is 35.6 Å². The standard InChI is InChI=1S/C20H29FN2O2/c1-15(20(24)22-18-6-4-2-3-5-7-18)23-12-13-25-19(14-23)16-8-10-17(21)11-9-16/h8-11,15,18-19H,2-7,12-14H2,1H3,(H,22,24)/t15-,19-/m1/s1. The first kappa shape index (κ1) is 18.3. The van der Waals surface area contributed by atoms with Crippen molar-refractivity contribution < 1.29 is 13.9 Å². The van der Waals surface area contributed by atoms with Gasteiger partial charge in [-0.15, -0.1) is 0 Å². The number of hydrogen-bond donors (Lipinski definition) is 1. The summed E-state index contributed by atoms with van der Waals surface area (Å²) in [5.74, 6) is -0.126. The highest BCUT2D eigenvalue weighted by atomic mass is 19.1. The third-order valence-corrected chi connectivity index (χ3v) is 5.47. The Labute approximate surface area is 149 Å². The van der Waals surface area contributed by atoms with Crippen LogP contribution >= 0.6 is 0 Å². The Kier molecular flexibility index (Phi) is 6.43. The van der Waals surface area contributed by atoms with Crippen molar-refractivity contribution in [2.45, 2.75) is 63.6 Å². The molecular weight excluding hydrogens is 319 g/mol. The molecule has 0 spiro atoms. The van der Waals surface area contributed by atoms with Crippen LogP contribution in [-0.4, -0.2) is 42.6 Å². The van der Waals surface area contributed by atoms with E-state index in [0.717, 1.165) is 24.9 Å². The van der Waals surface area contributed by atoms with E-state index in [1.165, 1.54) is 37.8 Å². The van der Waals surface area contributed by atoms with Crippen molar-refractivity contribution >= 4 is 5.91 Å². The zero-order valence-electron chi connectivity index (χ0n) is 15.0. The van der Waals surface area contributed by atoms with Crippen LogP contribution in [0.15, 0.2) is 24.3 Å². The molecule has 1 aliphatic carbocycles. The molecule has 2 atom stereocenters. The fourth-order valence-corrected chi connectivity index (χ4v) is 3.81. The van der Waals surface area contributed by atoms with Gasteiger partial charge in [-0.25, -0.2) is 4.39 Å². The number of nitrogens with zero attached hydrogens (tertiary/aromatic N) is 1. The van der Waals surface area contributed by atoms with Crippen LogP contribution < -0.4 is 5.32 Å². The van der Waals surface area contributed by atoms with Gasteiger partial charge in [-0.1, -0.05) is 37.8 Å². The normalized spacial score (nSPS) is 24.5. The number of carbonyl (C=O) groups is 1. The number of benzene rings is 1. The van der Waals surface area contributed by atoms with Crippen molar-refractivity contribution in [3.63, 3.8) is 0 Å². The summed E-state index contributed by atoms with van der Waals surface area (Å²) < 4.78 is 18.9. The smallest absolute Gasteiger partial charge is 0.237 e. The highest BCUT2D eigenvalue weighted by Crippen LogP contribution is 2.24. The molecule has 138 valence electrons. The Morgan fingerprint density at radius 2 is 1.88 bits per heavy atom. The minimum Gasteiger partial charge on any atom is -0.371 e. The van der Waals surface area contributed by atoms with Crippen molar-refractivity contribution in [1.29, 1.82) is 0 Å². The first-order valence-corrected chi connectivity index (χ1v) is 9.55. The Bertz CT molecular complexity index is 555. The summed E-state index contributed by atoms with van der Waals surface area (Å²) >= 11 is 0. The second kappa shape index (κ2) is 8.77. The summed E-state index contributed by atoms with van der Waals surface area (Å²) in [6.07, 6.45) is 7.07. The van der Waals surface area contributed by atoms with E-state index in [0.29, 0.717) is 19.2 Å². The number of morpholine rings is 1. The molecule has 0 aromatic heterocycles. The highest BCUT2D eigenvalue weighted by molar-refractivity contribution is 5.81. The Morgan fingerprint density at radius 1 is 1.20 bits per heavy atom. The molecule has 1 N–H and O–H groups in total. The number of nitrogens with one attached hydrogen (secondary N) is 1. The van der Waals surface area contributed by atoms with E-state index < -0.39 is 0 Å². The molecule has 3 rings (SSSR count). The fourth-order valence-electron chi connectivity index (χ4n) is 3.81. The summed E-state index contributed by atoms with van der Waals surface area (Å²) in [7, 11) is 0. The Balaban J connectivity index is 1.56. The average molecular weight is 348 g/mol. The maximum absolute atomic E-state index is 13.1. The van der Waals surface area contributed by atoms with E-state index >= 15 is 0 Å². The van der Waals surface area contributed by atoms with Gasteiger partial charge in [0.15, 0.2) is 0 Å². The van der Waals surface area contributed by atoms with Crippen molar-refractivity contribution in [2.75, 3.05) is 19.7 Å². The first-order valence-electron chi connectivity index (χ1n) is 9.55. The zero-order valence-corrected chi connectivity index (χ0v) is 15.0. The Morgan fingerprint density at radius 3 is 2.56 bits per heavy atom. The molecule has 1 aliphatic heterocycles. The minimum absolute atomic E-state index is 0.109. The quantitative estimate of drug-likeness (QED) is 0.848. The van der Waals surface area contributed by atoms with E-state index in [-0.39, 0.29) is 23.9 Å². The van der Waals surface area contributed by atoms with Crippen LogP contribution in [0.4, 0.5) is 4.39 Å². The van der Waals surface area contributed by atoms with E-state index in [1.54, 1.807) is 12.1 Å². The maximum atomic E-state index is 13.1. The summed E-state index contributed by atoms with van der Waals surface area (Å²) in [6, 6.07) is 6.60. The molecule has 1 saturated carbocycles. The van der Waals surface area contributed by atoms with Crippen LogP contribution in [0.5, 0.6) is 0 Å². The van der Waals surface area contributed by atoms with Gasteiger partial charge < -0.3 is 10.1 Å². The van der Waals surface area contributed by atoms with Crippen LogP contribution in [0.25, 0.3) is 0 Å². The molecular formula is C20H29FN2O2. The minimum atomic E-state index is -0.243. The second-order valence-electron chi connectivity index (χ2n) is 7.28. The number of amides is 1. The van der Waals surface area contributed by atoms with E-state index in [2.05, 4.69) is 10.2 Å². The highest BCUT2D eigenvalue weighted by Gasteiger charge is 2.29. The first-order chi connectivity index (χ1) is 12.1. The van der Waals surface area contributed by atoms with Gasteiger partial charge in [-0.05, 0) is 37.5 Å². The molecule has 2 fully saturated rings. The predicted molar refractivity (Wildman–Crippen MR) is 95.8 cm³/mol. The van der Waals surface area contributed by atoms with Crippen LogP contribution in [0, 0.1) is 5.82 Å². The molecule has 0 unspecified atom stereocenters. The summed E-state index contributed by atoms with van der Waals surface area (Å²) in [5.41, 5.74) is 0.961. The van der Waals surface area contributed by atoms with Crippen LogP contribution in [-0.2, 0) is 9.53 Å². The van der Waals surface area contributed by atoms with Crippen LogP contribution in [0.2, 0.25) is 0 Å². The molecule has 1 saturated heterocycles. The lowest BCUT2D eigenvalue weighted by atomic mass is 10.1. The zero-order chi connectivity index (χ0) is 17.6. The van der Waals surface area contributed by atoms with Gasteiger partial charge in [-0.3, -0.25) is 9.69 Å². The number of ether oxygens (including phenoxy) is 1. The molecule has 1 aromatic carbocycles. The van der Waals surface area contributed by atoms with Gasteiger partial charge in [0.2, 0.25) is 5.91 Å². The predicted octanol–water partition coefficient (Wildman–Crippen LogP) is 3.43. The molecule has 0 radical (unpaired) electrons. The summed E-state index contributed by atoms with van der Waals surface area (Å²) in [4.78, 5) is 14.8. The second-order valence-corrected chi connectivity index (χ2v) is 7.28. The molecule has 25 heavy (non-hydrogen) atoms. The van der Waals surface area contributed by atoms with Crippen molar-refractivity contribution in [2.24, 2.45) is 0 Å². The number of halogens is 1. The van der Waals surface area contributed by atoms with Gasteiger partial charge in [0.1, 0.15) is 5.82 Å². The summed E-state index contributed by atoms with van der Waals surface area (Å²) in [5, 5.41) is 3.25. The third-order valence-electron chi connectivity index (χ3n) is 5.47. The van der Waals surface area contributed by atoms with Gasteiger partial charge in [-0.2, -0.15) is 0 Å². The number of hydrogen-bond acceptors (Lipinski definition) is 3. The molecule has 5 heteroatoms. The molecule has 0 bridgehead atoms. The largest absolute Gasteiger partial charge is 0.371 e. The molecule has 1 amide bonds. The van der Waals surface area contributed by atoms with Crippen LogP contribution in [0.3, 0.4) is 0 Å². The molecule has 4 nitrogen and oxygen atoms in total. The van der Waals surface area contributed by atoms with Crippen molar-refractivity contribution in [3.8, 4) is 0 Å². The lowest BCUT2D eigenvalue weighted by Gasteiger charge is -2.36. The van der Waals surface area contributed by atoms with Gasteiger partial charge in [0.25, 0.3) is 0 Å². The van der Waals surface area contributed by atoms with Crippen LogP contribution in [0.1, 0.15) is 57.1 Å². The van der Waals surface area contributed by atoms with Gasteiger partial charge in [0, 0.05) is 19.1 Å². The Hall–Kier alpha value is -1.46. The molecule has 1 heterocycles. The van der Waals surface area contributed by atoms with E-state index in [1.807, 2.05) is 6.92 Å². The lowest BCUT2D eigenvalue weighted by molar-refractivity contribution is -0.130. The van der Waals surface area contributed by atoms with E-state index in [4.69, 9.17) is 4.74 Å². The van der Waals surface area contributed by atoms with E-state index in [9.17, 15) is 9.18 Å². The maximum Gasteiger partial charge on any atom is 0.237 e. The topological polar surface area (TPSA) is 41.6 Å². The monoisotopic (exact) mass is 348 g/mol. The summed E-state index contributed by atoms with van der Waals surface area (Å²) in [6.45, 7) is 3.96. The number of rotatable bonds is 4. The van der Waals surface area contributed by atoms with Gasteiger partial charge >= 0.3 is 0 Å². The van der Waals surface area contributed by atoms with Gasteiger partial charge in [0.05, 0.1) is 18.8 Å². The average Bonchev–Trinajstić information content (AvgIpc) is 2.90. The number of carbonyl (C=O) groups excluding carboxylic acids is 1. The third kappa shape index (κ3) is 5.02. The lowest BCUT2D eigenvalue weighted by Crippen LogP contribution is -2.52. The molecule has 1 aromatic rings. The van der Waals surface area contributed by atoms with Crippen molar-refractivity contribution in [1.82, 2.24) is 10.2 Å².